The van der Waals surface area contributed by atoms with E-state index in [2.05, 4.69) is 38.2 Å². The Bertz CT molecular complexity index is 761. The van der Waals surface area contributed by atoms with Gasteiger partial charge < -0.3 is 14.6 Å². The summed E-state index contributed by atoms with van der Waals surface area (Å²) in [6.45, 7) is 4.30. The van der Waals surface area contributed by atoms with E-state index in [1.807, 2.05) is 0 Å². The van der Waals surface area contributed by atoms with Crippen LogP contribution in [-0.2, 0) is 19.1 Å². The van der Waals surface area contributed by atoms with Gasteiger partial charge in [0, 0.05) is 12.8 Å². The number of hydrogen-bond acceptors (Lipinski definition) is 5. The zero-order valence-electron chi connectivity index (χ0n) is 33.4. The maximum absolute atomic E-state index is 12.0. The third-order valence-electron chi connectivity index (χ3n) is 9.69. The van der Waals surface area contributed by atoms with Gasteiger partial charge in [-0.15, -0.1) is 0 Å². The minimum absolute atomic E-state index is 0.114. The van der Waals surface area contributed by atoms with Gasteiger partial charge >= 0.3 is 11.9 Å². The standard InChI is InChI=1S/C45H84O5/c1-3-5-7-9-11-13-15-17-19-21-22-24-26-28-30-32-34-36-38-40-45(48)50-42-43(46)41-49-44(47)39-37-35-33-31-29-27-25-23-20-18-16-14-12-10-8-6-4-2/h12,14,18,20,43,46H,3-11,13,15-17,19,21-42H2,1-2H3/b14-12-,20-18-/t43-/m0/s1. The highest BCUT2D eigenvalue weighted by Crippen LogP contribution is 2.15. The van der Waals surface area contributed by atoms with Gasteiger partial charge in [-0.05, 0) is 44.9 Å². The van der Waals surface area contributed by atoms with Crippen LogP contribution in [0.4, 0.5) is 0 Å². The first-order valence-electron chi connectivity index (χ1n) is 21.9. The molecule has 0 fully saturated rings. The molecular formula is C45H84O5. The molecule has 0 bridgehead atoms. The summed E-state index contributed by atoms with van der Waals surface area (Å²) in [7, 11) is 0. The number of allylic oxidation sites excluding steroid dienone is 4. The van der Waals surface area contributed by atoms with Crippen LogP contribution >= 0.6 is 0 Å². The van der Waals surface area contributed by atoms with Crippen molar-refractivity contribution >= 4 is 11.9 Å². The second kappa shape index (κ2) is 41.8. The van der Waals surface area contributed by atoms with Crippen LogP contribution in [0.1, 0.15) is 232 Å². The van der Waals surface area contributed by atoms with Gasteiger partial charge in [0.25, 0.3) is 0 Å². The first-order chi connectivity index (χ1) is 24.6. The number of carbonyl (C=O) groups excluding carboxylic acids is 2. The van der Waals surface area contributed by atoms with Crippen molar-refractivity contribution in [2.24, 2.45) is 0 Å². The molecule has 0 saturated carbocycles. The predicted molar refractivity (Wildman–Crippen MR) is 215 cm³/mol. The molecule has 1 N–H and O–H groups in total. The topological polar surface area (TPSA) is 72.8 Å². The van der Waals surface area contributed by atoms with Crippen molar-refractivity contribution < 1.29 is 24.2 Å². The van der Waals surface area contributed by atoms with E-state index in [0.717, 1.165) is 38.5 Å². The fourth-order valence-electron chi connectivity index (χ4n) is 6.35. The molecule has 0 aromatic heterocycles. The van der Waals surface area contributed by atoms with Crippen molar-refractivity contribution in [1.82, 2.24) is 0 Å². The van der Waals surface area contributed by atoms with Crippen molar-refractivity contribution in [3.05, 3.63) is 24.3 Å². The van der Waals surface area contributed by atoms with Crippen LogP contribution in [0.2, 0.25) is 0 Å². The number of rotatable bonds is 40. The van der Waals surface area contributed by atoms with Crippen molar-refractivity contribution in [2.45, 2.75) is 238 Å². The molecule has 50 heavy (non-hydrogen) atoms. The largest absolute Gasteiger partial charge is 0.463 e. The fraction of sp³-hybridized carbons (Fsp3) is 0.867. The van der Waals surface area contributed by atoms with Gasteiger partial charge in [-0.25, -0.2) is 0 Å². The second-order valence-corrected chi connectivity index (χ2v) is 14.8. The van der Waals surface area contributed by atoms with E-state index in [1.165, 1.54) is 167 Å². The molecule has 0 aromatic carbocycles. The molecule has 294 valence electrons. The van der Waals surface area contributed by atoms with Gasteiger partial charge in [0.2, 0.25) is 0 Å². The van der Waals surface area contributed by atoms with Crippen LogP contribution in [-0.4, -0.2) is 36.4 Å². The number of hydrogen-bond donors (Lipinski definition) is 1. The van der Waals surface area contributed by atoms with Crippen LogP contribution < -0.4 is 0 Å². The molecular weight excluding hydrogens is 620 g/mol. The first kappa shape index (κ1) is 48.4. The lowest BCUT2D eigenvalue weighted by atomic mass is 10.0. The lowest BCUT2D eigenvalue weighted by Gasteiger charge is -2.12. The summed E-state index contributed by atoms with van der Waals surface area (Å²) in [5.41, 5.74) is 0. The van der Waals surface area contributed by atoms with Gasteiger partial charge in [0.1, 0.15) is 19.3 Å². The Morgan fingerprint density at radius 3 is 1.06 bits per heavy atom. The van der Waals surface area contributed by atoms with E-state index in [1.54, 1.807) is 0 Å². The van der Waals surface area contributed by atoms with Crippen LogP contribution in [0.5, 0.6) is 0 Å². The molecule has 0 radical (unpaired) electrons. The fourth-order valence-corrected chi connectivity index (χ4v) is 6.35. The third-order valence-corrected chi connectivity index (χ3v) is 9.69. The molecule has 0 amide bonds. The van der Waals surface area contributed by atoms with Crippen LogP contribution in [0.25, 0.3) is 0 Å². The lowest BCUT2D eigenvalue weighted by molar-refractivity contribution is -0.152. The molecule has 1 atom stereocenters. The summed E-state index contributed by atoms with van der Waals surface area (Å²) in [6, 6.07) is 0. The Morgan fingerprint density at radius 1 is 0.420 bits per heavy atom. The molecule has 0 aliphatic carbocycles. The van der Waals surface area contributed by atoms with Crippen LogP contribution in [0, 0.1) is 0 Å². The van der Waals surface area contributed by atoms with E-state index >= 15 is 0 Å². The number of esters is 2. The molecule has 0 rings (SSSR count). The number of unbranched alkanes of at least 4 members (excludes halogenated alkanes) is 28. The summed E-state index contributed by atoms with van der Waals surface area (Å²) in [4.78, 5) is 24.0. The zero-order valence-corrected chi connectivity index (χ0v) is 33.4. The predicted octanol–water partition coefficient (Wildman–Crippen LogP) is 13.8. The number of carbonyl (C=O) groups is 2. The average Bonchev–Trinajstić information content (AvgIpc) is 3.12. The Hall–Kier alpha value is -1.62. The molecule has 5 nitrogen and oxygen atoms in total. The van der Waals surface area contributed by atoms with Gasteiger partial charge in [-0.3, -0.25) is 9.59 Å². The maximum Gasteiger partial charge on any atom is 0.305 e. The first-order valence-corrected chi connectivity index (χ1v) is 21.9. The molecule has 0 aliphatic heterocycles. The maximum atomic E-state index is 12.0. The van der Waals surface area contributed by atoms with E-state index in [0.29, 0.717) is 12.8 Å². The molecule has 0 aromatic rings. The highest BCUT2D eigenvalue weighted by molar-refractivity contribution is 5.69. The second-order valence-electron chi connectivity index (χ2n) is 14.8. The number of aliphatic hydroxyl groups excluding tert-OH is 1. The molecule has 0 unspecified atom stereocenters. The van der Waals surface area contributed by atoms with Crippen LogP contribution in [0.3, 0.4) is 0 Å². The molecule has 0 saturated heterocycles. The quantitative estimate of drug-likeness (QED) is 0.0390. The Kier molecular flexibility index (Phi) is 40.4. The Labute approximate surface area is 311 Å². The summed E-state index contributed by atoms with van der Waals surface area (Å²) in [5.74, 6) is -0.563. The molecule has 0 heterocycles. The van der Waals surface area contributed by atoms with Crippen molar-refractivity contribution in [1.29, 1.82) is 0 Å². The van der Waals surface area contributed by atoms with Crippen molar-refractivity contribution in [2.75, 3.05) is 13.2 Å². The summed E-state index contributed by atoms with van der Waals surface area (Å²) < 4.78 is 10.4. The molecule has 0 spiro atoms. The summed E-state index contributed by atoms with van der Waals surface area (Å²) in [5, 5.41) is 10.0. The highest BCUT2D eigenvalue weighted by Gasteiger charge is 2.12. The van der Waals surface area contributed by atoms with E-state index in [4.69, 9.17) is 9.47 Å². The Balaban J connectivity index is 3.40. The Morgan fingerprint density at radius 2 is 0.700 bits per heavy atom. The molecule has 5 heteroatoms. The zero-order chi connectivity index (χ0) is 36.4. The lowest BCUT2D eigenvalue weighted by Crippen LogP contribution is -2.25. The van der Waals surface area contributed by atoms with Crippen molar-refractivity contribution in [3.63, 3.8) is 0 Å². The average molecular weight is 705 g/mol. The van der Waals surface area contributed by atoms with E-state index in [-0.39, 0.29) is 25.2 Å². The van der Waals surface area contributed by atoms with E-state index in [9.17, 15) is 14.7 Å². The number of ether oxygens (including phenoxy) is 2. The molecule has 0 aliphatic rings. The van der Waals surface area contributed by atoms with Crippen LogP contribution in [0.15, 0.2) is 24.3 Å². The summed E-state index contributed by atoms with van der Waals surface area (Å²) >= 11 is 0. The van der Waals surface area contributed by atoms with Gasteiger partial charge in [0.05, 0.1) is 0 Å². The third kappa shape index (κ3) is 40.8. The minimum atomic E-state index is -0.963. The van der Waals surface area contributed by atoms with Gasteiger partial charge in [0.15, 0.2) is 0 Å². The van der Waals surface area contributed by atoms with Gasteiger partial charge in [-0.2, -0.15) is 0 Å². The SMILES string of the molecule is CCCCC/C=C\C/C=C\CCCCCCCCCC(=O)OC[C@H](O)COC(=O)CCCCCCCCCCCCCCCCCCCCC. The monoisotopic (exact) mass is 705 g/mol. The summed E-state index contributed by atoms with van der Waals surface area (Å²) in [6.07, 6.45) is 49.5. The van der Waals surface area contributed by atoms with E-state index < -0.39 is 6.10 Å². The minimum Gasteiger partial charge on any atom is -0.463 e. The van der Waals surface area contributed by atoms with Crippen molar-refractivity contribution in [3.8, 4) is 0 Å². The smallest absolute Gasteiger partial charge is 0.305 e. The van der Waals surface area contributed by atoms with Gasteiger partial charge in [-0.1, -0.05) is 199 Å². The normalized spacial score (nSPS) is 12.3. The number of aliphatic hydroxyl groups is 1. The highest BCUT2D eigenvalue weighted by atomic mass is 16.6.